The van der Waals surface area contributed by atoms with Crippen LogP contribution in [0.5, 0.6) is 5.75 Å². The Bertz CT molecular complexity index is 894. The van der Waals surface area contributed by atoms with Crippen molar-refractivity contribution in [1.82, 2.24) is 0 Å². The molecule has 2 rings (SSSR count). The van der Waals surface area contributed by atoms with Crippen LogP contribution >= 0.6 is 8.60 Å². The van der Waals surface area contributed by atoms with Crippen LogP contribution in [0.15, 0.2) is 42.5 Å². The third-order valence-corrected chi connectivity index (χ3v) is 8.66. The summed E-state index contributed by atoms with van der Waals surface area (Å²) in [6.07, 6.45) is 22.6. The molecule has 0 radical (unpaired) electrons. The van der Waals surface area contributed by atoms with Crippen molar-refractivity contribution in [2.24, 2.45) is 0 Å². The first kappa shape index (κ1) is 33.8. The number of rotatable bonds is 22. The van der Waals surface area contributed by atoms with Gasteiger partial charge in [-0.25, -0.2) is 0 Å². The van der Waals surface area contributed by atoms with Crippen molar-refractivity contribution in [3.05, 3.63) is 64.7 Å². The molecule has 0 spiro atoms. The van der Waals surface area contributed by atoms with Crippen molar-refractivity contribution in [2.45, 2.75) is 149 Å². The zero-order valence-electron chi connectivity index (χ0n) is 25.5. The van der Waals surface area contributed by atoms with Gasteiger partial charge in [0.05, 0.1) is 0 Å². The summed E-state index contributed by atoms with van der Waals surface area (Å²) < 4.78 is 5.64. The highest BCUT2D eigenvalue weighted by Crippen LogP contribution is 2.41. The van der Waals surface area contributed by atoms with Crippen molar-refractivity contribution in [3.63, 3.8) is 0 Å². The molecule has 0 heterocycles. The quantitative estimate of drug-likeness (QED) is 0.112. The minimum Gasteiger partial charge on any atom is -0.427 e. The zero-order valence-corrected chi connectivity index (χ0v) is 26.4. The second-order valence-electron chi connectivity index (χ2n) is 11.9. The maximum Gasteiger partial charge on any atom is 0.391 e. The van der Waals surface area contributed by atoms with Crippen LogP contribution < -0.4 is 4.52 Å². The fourth-order valence-electron chi connectivity index (χ4n) is 5.87. The van der Waals surface area contributed by atoms with Gasteiger partial charge < -0.3 is 14.3 Å². The predicted molar refractivity (Wildman–Crippen MR) is 170 cm³/mol. The lowest BCUT2D eigenvalue weighted by atomic mass is 9.74. The molecule has 0 fully saturated rings. The van der Waals surface area contributed by atoms with E-state index in [0.29, 0.717) is 5.75 Å². The van der Waals surface area contributed by atoms with Crippen LogP contribution in [0.25, 0.3) is 0 Å². The van der Waals surface area contributed by atoms with Gasteiger partial charge in [0.2, 0.25) is 0 Å². The molecule has 2 aromatic rings. The van der Waals surface area contributed by atoms with Crippen LogP contribution in [0.3, 0.4) is 0 Å². The molecule has 0 aromatic heterocycles. The lowest BCUT2D eigenvalue weighted by Gasteiger charge is -2.31. The Kier molecular flexibility index (Phi) is 17.0. The Labute approximate surface area is 241 Å². The standard InChI is InChI=1S/C35H57O3P/c1-5-7-9-11-13-15-17-22-26-31-32(27-23-18-16-14-12-10-8-6-2)34(38-39(36)37)29-28-33(31)35(3,4)30-24-20-19-21-25-30/h19-21,24-25,28-29,36-37H,5-18,22-23,26-27H2,1-4H3. The summed E-state index contributed by atoms with van der Waals surface area (Å²) in [4.78, 5) is 19.5. The highest BCUT2D eigenvalue weighted by molar-refractivity contribution is 7.39. The van der Waals surface area contributed by atoms with Crippen LogP contribution in [-0.4, -0.2) is 9.79 Å². The van der Waals surface area contributed by atoms with Gasteiger partial charge in [0.15, 0.2) is 0 Å². The second-order valence-corrected chi connectivity index (χ2v) is 12.5. The third-order valence-electron chi connectivity index (χ3n) is 8.30. The van der Waals surface area contributed by atoms with Crippen LogP contribution in [0.2, 0.25) is 0 Å². The van der Waals surface area contributed by atoms with E-state index in [1.807, 2.05) is 6.07 Å². The number of benzene rings is 2. The lowest BCUT2D eigenvalue weighted by Crippen LogP contribution is -2.22. The maximum absolute atomic E-state index is 9.77. The largest absolute Gasteiger partial charge is 0.427 e. The molecule has 3 nitrogen and oxygen atoms in total. The van der Waals surface area contributed by atoms with E-state index in [9.17, 15) is 9.79 Å². The summed E-state index contributed by atoms with van der Waals surface area (Å²) in [7, 11) is -2.44. The van der Waals surface area contributed by atoms with Crippen LogP contribution in [-0.2, 0) is 18.3 Å². The van der Waals surface area contributed by atoms with Gasteiger partial charge in [-0.1, -0.05) is 154 Å². The monoisotopic (exact) mass is 556 g/mol. The Morgan fingerprint density at radius 1 is 0.590 bits per heavy atom. The van der Waals surface area contributed by atoms with E-state index in [-0.39, 0.29) is 5.41 Å². The van der Waals surface area contributed by atoms with E-state index in [4.69, 9.17) is 4.52 Å². The average molecular weight is 557 g/mol. The van der Waals surface area contributed by atoms with Crippen LogP contribution in [0.1, 0.15) is 153 Å². The van der Waals surface area contributed by atoms with Crippen molar-refractivity contribution in [1.29, 1.82) is 0 Å². The summed E-state index contributed by atoms with van der Waals surface area (Å²) in [6, 6.07) is 14.9. The molecule has 220 valence electrons. The molecule has 0 saturated carbocycles. The van der Waals surface area contributed by atoms with Crippen molar-refractivity contribution in [3.8, 4) is 5.75 Å². The van der Waals surface area contributed by atoms with Crippen LogP contribution in [0, 0.1) is 0 Å². The van der Waals surface area contributed by atoms with E-state index in [1.165, 1.54) is 112 Å². The highest BCUT2D eigenvalue weighted by Gasteiger charge is 2.28. The normalized spacial score (nSPS) is 11.9. The van der Waals surface area contributed by atoms with E-state index >= 15 is 0 Å². The summed E-state index contributed by atoms with van der Waals surface area (Å²) in [5.74, 6) is 0.663. The fraction of sp³-hybridized carbons (Fsp3) is 0.657. The average Bonchev–Trinajstić information content (AvgIpc) is 2.92. The molecule has 0 bridgehead atoms. The second kappa shape index (κ2) is 19.6. The van der Waals surface area contributed by atoms with Crippen LogP contribution in [0.4, 0.5) is 0 Å². The molecule has 0 amide bonds. The lowest BCUT2D eigenvalue weighted by molar-refractivity contribution is 0.372. The Balaban J connectivity index is 2.23. The van der Waals surface area contributed by atoms with E-state index in [2.05, 4.69) is 64.1 Å². The summed E-state index contributed by atoms with van der Waals surface area (Å²) in [6.45, 7) is 9.18. The third kappa shape index (κ3) is 12.3. The maximum atomic E-state index is 9.77. The zero-order chi connectivity index (χ0) is 28.3. The molecule has 0 saturated heterocycles. The first-order valence-corrected chi connectivity index (χ1v) is 17.1. The minimum atomic E-state index is -2.44. The van der Waals surface area contributed by atoms with Gasteiger partial charge in [0.25, 0.3) is 0 Å². The summed E-state index contributed by atoms with van der Waals surface area (Å²) >= 11 is 0. The molecule has 0 aliphatic heterocycles. The molecule has 39 heavy (non-hydrogen) atoms. The minimum absolute atomic E-state index is 0.146. The van der Waals surface area contributed by atoms with Gasteiger partial charge in [-0.2, -0.15) is 0 Å². The van der Waals surface area contributed by atoms with E-state index in [0.717, 1.165) is 25.7 Å². The molecule has 2 N–H and O–H groups in total. The molecule has 2 aromatic carbocycles. The van der Waals surface area contributed by atoms with Gasteiger partial charge in [0, 0.05) is 5.41 Å². The predicted octanol–water partition coefficient (Wildman–Crippen LogP) is 11.0. The first-order valence-electron chi connectivity index (χ1n) is 16.0. The van der Waals surface area contributed by atoms with Crippen molar-refractivity contribution < 1.29 is 14.3 Å². The molecule has 0 aliphatic rings. The fourth-order valence-corrected chi connectivity index (χ4v) is 6.22. The highest BCUT2D eigenvalue weighted by atomic mass is 31.2. The van der Waals surface area contributed by atoms with Crippen molar-refractivity contribution >= 4 is 8.60 Å². The van der Waals surface area contributed by atoms with E-state index < -0.39 is 8.60 Å². The van der Waals surface area contributed by atoms with Gasteiger partial charge in [-0.05, 0) is 54.0 Å². The molecule has 0 unspecified atom stereocenters. The molecular weight excluding hydrogens is 499 g/mol. The van der Waals surface area contributed by atoms with Gasteiger partial charge >= 0.3 is 8.60 Å². The van der Waals surface area contributed by atoms with Gasteiger partial charge in [-0.15, -0.1) is 0 Å². The van der Waals surface area contributed by atoms with Crippen molar-refractivity contribution in [2.75, 3.05) is 0 Å². The molecule has 4 heteroatoms. The summed E-state index contributed by atoms with van der Waals surface area (Å²) in [5.41, 5.74) is 5.07. The smallest absolute Gasteiger partial charge is 0.391 e. The van der Waals surface area contributed by atoms with E-state index in [1.54, 1.807) is 0 Å². The molecular formula is C35H57O3P. The molecule has 0 atom stereocenters. The first-order chi connectivity index (χ1) is 18.9. The Morgan fingerprint density at radius 2 is 1.05 bits per heavy atom. The van der Waals surface area contributed by atoms with Gasteiger partial charge in [-0.3, -0.25) is 0 Å². The summed E-state index contributed by atoms with van der Waals surface area (Å²) in [5, 5.41) is 0. The SMILES string of the molecule is CCCCCCCCCCc1c(OP(O)O)ccc(C(C)(C)c2ccccc2)c1CCCCCCCCCC. The number of hydrogen-bond acceptors (Lipinski definition) is 3. The number of hydrogen-bond donors (Lipinski definition) is 2. The molecule has 0 aliphatic carbocycles. The Hall–Kier alpha value is -1.41. The van der Waals surface area contributed by atoms with Gasteiger partial charge in [0.1, 0.15) is 5.75 Å². The Morgan fingerprint density at radius 3 is 1.54 bits per heavy atom. The number of unbranched alkanes of at least 4 members (excludes halogenated alkanes) is 14. The topological polar surface area (TPSA) is 49.7 Å².